The number of allylic oxidation sites excluding steroid dienone is 3. The van der Waals surface area contributed by atoms with Crippen molar-refractivity contribution in [3.8, 4) is 0 Å². The predicted octanol–water partition coefficient (Wildman–Crippen LogP) is 5.88. The first kappa shape index (κ1) is 18.9. The minimum Gasteiger partial charge on any atom is -0.478 e. The van der Waals surface area contributed by atoms with Crippen LogP contribution in [0.1, 0.15) is 84.0 Å². The van der Waals surface area contributed by atoms with Crippen LogP contribution in [0, 0.1) is 0 Å². The van der Waals surface area contributed by atoms with Crippen molar-refractivity contribution in [2.75, 3.05) is 0 Å². The fourth-order valence-corrected chi connectivity index (χ4v) is 2.21. The number of hydrogen-bond acceptors (Lipinski definition) is 1. The third kappa shape index (κ3) is 16.9. The van der Waals surface area contributed by atoms with Gasteiger partial charge in [-0.25, -0.2) is 4.79 Å². The molecule has 0 heterocycles. The van der Waals surface area contributed by atoms with Crippen molar-refractivity contribution in [2.45, 2.75) is 84.0 Å². The largest absolute Gasteiger partial charge is 0.478 e. The van der Waals surface area contributed by atoms with Gasteiger partial charge in [0.2, 0.25) is 0 Å². The maximum Gasteiger partial charge on any atom is 0.327 e. The van der Waals surface area contributed by atoms with Gasteiger partial charge in [-0.1, -0.05) is 82.9 Å². The van der Waals surface area contributed by atoms with Crippen molar-refractivity contribution in [1.82, 2.24) is 0 Å². The summed E-state index contributed by atoms with van der Waals surface area (Å²) in [6.07, 6.45) is 22.6. The second-order valence-corrected chi connectivity index (χ2v) is 5.42. The van der Waals surface area contributed by atoms with Crippen LogP contribution >= 0.6 is 0 Å². The molecule has 20 heavy (non-hydrogen) atoms. The van der Waals surface area contributed by atoms with E-state index < -0.39 is 5.97 Å². The minimum atomic E-state index is -0.868. The molecule has 0 rings (SSSR count). The van der Waals surface area contributed by atoms with Gasteiger partial charge in [0.1, 0.15) is 0 Å². The van der Waals surface area contributed by atoms with E-state index >= 15 is 0 Å². The highest BCUT2D eigenvalue weighted by atomic mass is 16.4. The number of hydrogen-bond donors (Lipinski definition) is 1. The number of unbranched alkanes of at least 4 members (excludes halogenated alkanes) is 10. The number of carboxylic acid groups (broad SMARTS) is 1. The smallest absolute Gasteiger partial charge is 0.327 e. The van der Waals surface area contributed by atoms with Gasteiger partial charge in [-0.15, -0.1) is 0 Å². The van der Waals surface area contributed by atoms with E-state index in [2.05, 4.69) is 13.0 Å². The zero-order valence-corrected chi connectivity index (χ0v) is 13.2. The van der Waals surface area contributed by atoms with Gasteiger partial charge in [0, 0.05) is 6.08 Å². The van der Waals surface area contributed by atoms with Crippen molar-refractivity contribution < 1.29 is 9.90 Å². The molecule has 2 nitrogen and oxygen atoms in total. The molecule has 0 atom stereocenters. The van der Waals surface area contributed by atoms with Gasteiger partial charge in [-0.05, 0) is 19.3 Å². The fourth-order valence-electron chi connectivity index (χ4n) is 2.21. The Bertz CT molecular complexity index is 267. The molecule has 0 radical (unpaired) electrons. The Balaban J connectivity index is 3.12. The lowest BCUT2D eigenvalue weighted by Gasteiger charge is -2.01. The lowest BCUT2D eigenvalue weighted by molar-refractivity contribution is -0.131. The summed E-state index contributed by atoms with van der Waals surface area (Å²) in [7, 11) is 0. The van der Waals surface area contributed by atoms with E-state index in [-0.39, 0.29) is 0 Å². The van der Waals surface area contributed by atoms with Crippen LogP contribution in [-0.2, 0) is 4.79 Å². The molecule has 0 aliphatic rings. The van der Waals surface area contributed by atoms with Crippen LogP contribution in [0.4, 0.5) is 0 Å². The monoisotopic (exact) mass is 280 g/mol. The summed E-state index contributed by atoms with van der Waals surface area (Å²) in [6.45, 7) is 2.26. The molecule has 0 saturated carbocycles. The quantitative estimate of drug-likeness (QED) is 0.245. The van der Waals surface area contributed by atoms with Gasteiger partial charge in [0.05, 0.1) is 0 Å². The zero-order chi connectivity index (χ0) is 14.9. The van der Waals surface area contributed by atoms with Gasteiger partial charge in [0.15, 0.2) is 0 Å². The van der Waals surface area contributed by atoms with Gasteiger partial charge >= 0.3 is 5.97 Å². The van der Waals surface area contributed by atoms with Crippen molar-refractivity contribution >= 4 is 5.97 Å². The minimum absolute atomic E-state index is 0.726. The summed E-state index contributed by atoms with van der Waals surface area (Å²) in [5.74, 6) is -0.868. The summed E-state index contributed by atoms with van der Waals surface area (Å²) < 4.78 is 0. The average molecular weight is 280 g/mol. The highest BCUT2D eigenvalue weighted by Crippen LogP contribution is 2.11. The van der Waals surface area contributed by atoms with E-state index in [9.17, 15) is 4.79 Å². The number of carbonyl (C=O) groups is 1. The second kappa shape index (κ2) is 16.0. The van der Waals surface area contributed by atoms with Crippen LogP contribution in [0.5, 0.6) is 0 Å². The average Bonchev–Trinajstić information content (AvgIpc) is 2.43. The number of rotatable bonds is 14. The van der Waals surface area contributed by atoms with E-state index in [1.165, 1.54) is 70.3 Å². The summed E-state index contributed by atoms with van der Waals surface area (Å²) in [5, 5.41) is 8.41. The summed E-state index contributed by atoms with van der Waals surface area (Å²) in [4.78, 5) is 10.2. The Morgan fingerprint density at radius 2 is 1.35 bits per heavy atom. The lowest BCUT2D eigenvalue weighted by atomic mass is 10.1. The Morgan fingerprint density at radius 3 is 1.90 bits per heavy atom. The third-order valence-corrected chi connectivity index (χ3v) is 3.42. The fraction of sp³-hybridized carbons (Fsp3) is 0.722. The molecule has 0 aromatic carbocycles. The Kier molecular flexibility index (Phi) is 15.2. The molecule has 0 amide bonds. The third-order valence-electron chi connectivity index (χ3n) is 3.42. The number of carboxylic acids is 1. The molecule has 0 saturated heterocycles. The van der Waals surface area contributed by atoms with Crippen LogP contribution in [0.25, 0.3) is 0 Å². The molecular formula is C18H32O2. The summed E-state index contributed by atoms with van der Waals surface area (Å²) >= 11 is 0. The molecule has 1 N–H and O–H groups in total. The SMILES string of the molecule is CCCCCCCCCCCCC=CCC=CC(=O)O. The van der Waals surface area contributed by atoms with E-state index in [0.717, 1.165) is 12.8 Å². The van der Waals surface area contributed by atoms with Gasteiger partial charge in [-0.2, -0.15) is 0 Å². The maximum absolute atomic E-state index is 10.2. The number of aliphatic carboxylic acids is 1. The molecule has 0 spiro atoms. The molecule has 0 aromatic rings. The van der Waals surface area contributed by atoms with Crippen LogP contribution < -0.4 is 0 Å². The van der Waals surface area contributed by atoms with Crippen molar-refractivity contribution in [3.63, 3.8) is 0 Å². The topological polar surface area (TPSA) is 37.3 Å². The molecule has 0 aromatic heterocycles. The molecule has 0 unspecified atom stereocenters. The van der Waals surface area contributed by atoms with Crippen molar-refractivity contribution in [1.29, 1.82) is 0 Å². The first-order valence-corrected chi connectivity index (χ1v) is 8.31. The second-order valence-electron chi connectivity index (χ2n) is 5.42. The van der Waals surface area contributed by atoms with Crippen LogP contribution in [0.15, 0.2) is 24.3 Å². The summed E-state index contributed by atoms with van der Waals surface area (Å²) in [6, 6.07) is 0. The molecule has 0 bridgehead atoms. The Morgan fingerprint density at radius 1 is 0.800 bits per heavy atom. The molecule has 0 aliphatic carbocycles. The van der Waals surface area contributed by atoms with E-state index in [4.69, 9.17) is 5.11 Å². The van der Waals surface area contributed by atoms with Crippen LogP contribution in [0.3, 0.4) is 0 Å². The van der Waals surface area contributed by atoms with Gasteiger partial charge < -0.3 is 5.11 Å². The van der Waals surface area contributed by atoms with Crippen LogP contribution in [-0.4, -0.2) is 11.1 Å². The highest BCUT2D eigenvalue weighted by Gasteiger charge is 1.91. The van der Waals surface area contributed by atoms with Crippen molar-refractivity contribution in [3.05, 3.63) is 24.3 Å². The normalized spacial score (nSPS) is 11.7. The Hall–Kier alpha value is -1.05. The van der Waals surface area contributed by atoms with E-state index in [1.54, 1.807) is 6.08 Å². The van der Waals surface area contributed by atoms with E-state index in [1.807, 2.05) is 6.08 Å². The van der Waals surface area contributed by atoms with Crippen molar-refractivity contribution in [2.24, 2.45) is 0 Å². The molecule has 0 aliphatic heterocycles. The highest BCUT2D eigenvalue weighted by molar-refractivity contribution is 5.79. The van der Waals surface area contributed by atoms with Gasteiger partial charge in [0.25, 0.3) is 0 Å². The van der Waals surface area contributed by atoms with Gasteiger partial charge in [-0.3, -0.25) is 0 Å². The lowest BCUT2D eigenvalue weighted by Crippen LogP contribution is -1.84. The zero-order valence-electron chi connectivity index (χ0n) is 13.2. The molecule has 0 fully saturated rings. The molecule has 116 valence electrons. The van der Waals surface area contributed by atoms with Crippen LogP contribution in [0.2, 0.25) is 0 Å². The molecule has 2 heteroatoms. The first-order chi connectivity index (χ1) is 9.77. The first-order valence-electron chi connectivity index (χ1n) is 8.31. The molecular weight excluding hydrogens is 248 g/mol. The standard InChI is InChI=1S/C18H32O2/c1-2-3-4-5-6-7-8-9-10-11-12-13-14-15-16-17-18(19)20/h13-14,16-17H,2-12,15H2,1H3,(H,19,20). The maximum atomic E-state index is 10.2. The predicted molar refractivity (Wildman–Crippen MR) is 87.0 cm³/mol. The Labute approximate surface area is 125 Å². The van der Waals surface area contributed by atoms with E-state index in [0.29, 0.717) is 0 Å². The summed E-state index contributed by atoms with van der Waals surface area (Å²) in [5.41, 5.74) is 0.